The molecular weight excluding hydrogens is 286 g/mol. The van der Waals surface area contributed by atoms with Crippen LogP contribution in [0, 0.1) is 5.92 Å². The first kappa shape index (κ1) is 19.9. The average molecular weight is 314 g/mol. The van der Waals surface area contributed by atoms with Gasteiger partial charge in [0.1, 0.15) is 19.7 Å². The molecule has 0 unspecified atom stereocenters. The molecule has 0 amide bonds. The third-order valence-electron chi connectivity index (χ3n) is 3.34. The van der Waals surface area contributed by atoms with Crippen molar-refractivity contribution in [3.05, 3.63) is 35.9 Å². The van der Waals surface area contributed by atoms with Gasteiger partial charge >= 0.3 is 5.97 Å². The minimum atomic E-state index is -0.0709. The van der Waals surface area contributed by atoms with Crippen molar-refractivity contribution < 1.29 is 26.4 Å². The smallest absolute Gasteiger partial charge is 0.306 e. The van der Waals surface area contributed by atoms with E-state index in [2.05, 4.69) is 52.2 Å². The van der Waals surface area contributed by atoms with Crippen LogP contribution in [-0.4, -0.2) is 37.7 Å². The Hall–Kier alpha value is -1.06. The van der Waals surface area contributed by atoms with Gasteiger partial charge in [0.15, 0.2) is 0 Å². The summed E-state index contributed by atoms with van der Waals surface area (Å²) in [5, 5.41) is 0. The number of ether oxygens (including phenoxy) is 1. The van der Waals surface area contributed by atoms with Crippen LogP contribution >= 0.6 is 0 Å². The highest BCUT2D eigenvalue weighted by Gasteiger charge is 2.16. The predicted molar refractivity (Wildman–Crippen MR) is 82.2 cm³/mol. The van der Waals surface area contributed by atoms with Crippen LogP contribution in [0.1, 0.15) is 32.3 Å². The summed E-state index contributed by atoms with van der Waals surface area (Å²) >= 11 is 0. The number of rotatable bonds is 8. The first-order valence-electron chi connectivity index (χ1n) is 7.40. The lowest BCUT2D eigenvalue weighted by molar-refractivity contribution is -0.903. The van der Waals surface area contributed by atoms with Crippen molar-refractivity contribution in [2.45, 2.75) is 33.2 Å². The summed E-state index contributed by atoms with van der Waals surface area (Å²) in [6.45, 7) is 6.52. The topological polar surface area (TPSA) is 26.3 Å². The molecule has 3 nitrogen and oxygen atoms in total. The maximum absolute atomic E-state index is 11.6. The molecule has 0 spiro atoms. The van der Waals surface area contributed by atoms with Crippen LogP contribution in [0.3, 0.4) is 0 Å². The van der Waals surface area contributed by atoms with E-state index in [1.807, 2.05) is 6.07 Å². The fourth-order valence-corrected chi connectivity index (χ4v) is 2.04. The SMILES string of the molecule is CC(C)CCC(=O)OCC[N+](C)(C)Cc1ccccc1.[Cl-]. The van der Waals surface area contributed by atoms with Gasteiger partial charge in [-0.3, -0.25) is 4.79 Å². The Kier molecular flexibility index (Phi) is 9.31. The van der Waals surface area contributed by atoms with E-state index in [0.29, 0.717) is 18.9 Å². The van der Waals surface area contributed by atoms with Crippen molar-refractivity contribution >= 4 is 5.97 Å². The van der Waals surface area contributed by atoms with Crippen LogP contribution < -0.4 is 12.4 Å². The number of nitrogens with zero attached hydrogens (tertiary/aromatic N) is 1. The van der Waals surface area contributed by atoms with Crippen LogP contribution in [0.15, 0.2) is 30.3 Å². The number of carbonyl (C=O) groups is 1. The summed E-state index contributed by atoms with van der Waals surface area (Å²) in [7, 11) is 4.32. The van der Waals surface area contributed by atoms with Crippen molar-refractivity contribution in [1.29, 1.82) is 0 Å². The third kappa shape index (κ3) is 9.48. The van der Waals surface area contributed by atoms with Crippen LogP contribution in [0.4, 0.5) is 0 Å². The first-order chi connectivity index (χ1) is 9.39. The Balaban J connectivity index is 0.00000400. The Bertz CT molecular complexity index is 405. The van der Waals surface area contributed by atoms with Gasteiger partial charge in [0.05, 0.1) is 14.1 Å². The average Bonchev–Trinajstić information content (AvgIpc) is 2.36. The molecule has 1 aromatic rings. The van der Waals surface area contributed by atoms with Gasteiger partial charge in [0, 0.05) is 12.0 Å². The number of halogens is 1. The maximum atomic E-state index is 11.6. The van der Waals surface area contributed by atoms with E-state index in [4.69, 9.17) is 4.74 Å². The molecule has 0 atom stereocenters. The van der Waals surface area contributed by atoms with Crippen LogP contribution in [0.25, 0.3) is 0 Å². The number of esters is 1. The maximum Gasteiger partial charge on any atom is 0.306 e. The van der Waals surface area contributed by atoms with E-state index in [1.165, 1.54) is 5.56 Å². The minimum Gasteiger partial charge on any atom is -1.00 e. The molecule has 1 aromatic carbocycles. The first-order valence-corrected chi connectivity index (χ1v) is 7.40. The third-order valence-corrected chi connectivity index (χ3v) is 3.34. The summed E-state index contributed by atoms with van der Waals surface area (Å²) in [5.41, 5.74) is 1.31. The molecule has 0 N–H and O–H groups in total. The Morgan fingerprint density at radius 1 is 1.19 bits per heavy atom. The van der Waals surface area contributed by atoms with Gasteiger partial charge in [0.2, 0.25) is 0 Å². The molecule has 0 bridgehead atoms. The fraction of sp³-hybridized carbons (Fsp3) is 0.588. The van der Waals surface area contributed by atoms with E-state index < -0.39 is 0 Å². The van der Waals surface area contributed by atoms with Gasteiger partial charge in [-0.15, -0.1) is 0 Å². The van der Waals surface area contributed by atoms with Crippen molar-refractivity contribution in [3.8, 4) is 0 Å². The second kappa shape index (κ2) is 9.80. The Morgan fingerprint density at radius 3 is 2.38 bits per heavy atom. The zero-order chi connectivity index (χ0) is 15.0. The summed E-state index contributed by atoms with van der Waals surface area (Å²) in [5.74, 6) is 0.478. The molecule has 0 fully saturated rings. The van der Waals surface area contributed by atoms with Crippen molar-refractivity contribution in [1.82, 2.24) is 0 Å². The molecule has 0 heterocycles. The summed E-state index contributed by atoms with van der Waals surface area (Å²) in [6.07, 6.45) is 1.44. The quantitative estimate of drug-likeness (QED) is 0.508. The lowest BCUT2D eigenvalue weighted by Crippen LogP contribution is -3.00. The van der Waals surface area contributed by atoms with Gasteiger partial charge in [-0.2, -0.15) is 0 Å². The van der Waals surface area contributed by atoms with Crippen molar-refractivity contribution in [3.63, 3.8) is 0 Å². The lowest BCUT2D eigenvalue weighted by atomic mass is 10.1. The fourth-order valence-electron chi connectivity index (χ4n) is 2.04. The molecule has 0 aliphatic rings. The zero-order valence-electron chi connectivity index (χ0n) is 13.6. The second-order valence-electron chi connectivity index (χ2n) is 6.46. The van der Waals surface area contributed by atoms with E-state index in [-0.39, 0.29) is 18.4 Å². The number of quaternary nitrogens is 1. The molecule has 120 valence electrons. The van der Waals surface area contributed by atoms with E-state index in [0.717, 1.165) is 24.0 Å². The molecule has 0 aromatic heterocycles. The highest BCUT2D eigenvalue weighted by Crippen LogP contribution is 2.09. The molecular formula is C17H28ClNO2. The Labute approximate surface area is 135 Å². The standard InChI is InChI=1S/C17H28NO2.ClH/c1-15(2)10-11-17(19)20-13-12-18(3,4)14-16-8-6-5-7-9-16;/h5-9,15H,10-14H2,1-4H3;1H/q+1;/p-1. The van der Waals surface area contributed by atoms with Gasteiger partial charge in [0.25, 0.3) is 0 Å². The van der Waals surface area contributed by atoms with E-state index in [9.17, 15) is 4.79 Å². The van der Waals surface area contributed by atoms with Crippen LogP contribution in [0.2, 0.25) is 0 Å². The van der Waals surface area contributed by atoms with Gasteiger partial charge in [-0.05, 0) is 12.3 Å². The number of benzene rings is 1. The minimum absolute atomic E-state index is 0. The number of hydrogen-bond acceptors (Lipinski definition) is 2. The number of likely N-dealkylation sites (N-methyl/N-ethyl adjacent to an activating group) is 1. The van der Waals surface area contributed by atoms with Gasteiger partial charge in [-0.1, -0.05) is 44.2 Å². The lowest BCUT2D eigenvalue weighted by Gasteiger charge is -2.29. The highest BCUT2D eigenvalue weighted by molar-refractivity contribution is 5.69. The van der Waals surface area contributed by atoms with Crippen molar-refractivity contribution in [2.24, 2.45) is 5.92 Å². The van der Waals surface area contributed by atoms with Gasteiger partial charge in [-0.25, -0.2) is 0 Å². The van der Waals surface area contributed by atoms with Crippen molar-refractivity contribution in [2.75, 3.05) is 27.2 Å². The summed E-state index contributed by atoms with van der Waals surface area (Å²) in [6, 6.07) is 10.4. The molecule has 0 radical (unpaired) electrons. The number of hydrogen-bond donors (Lipinski definition) is 0. The monoisotopic (exact) mass is 313 g/mol. The van der Waals surface area contributed by atoms with Crippen LogP contribution in [-0.2, 0) is 16.1 Å². The van der Waals surface area contributed by atoms with E-state index >= 15 is 0 Å². The Morgan fingerprint density at radius 2 is 1.81 bits per heavy atom. The highest BCUT2D eigenvalue weighted by atomic mass is 35.5. The summed E-state index contributed by atoms with van der Waals surface area (Å²) in [4.78, 5) is 11.6. The number of carbonyl (C=O) groups excluding carboxylic acids is 1. The van der Waals surface area contributed by atoms with Crippen LogP contribution in [0.5, 0.6) is 0 Å². The molecule has 4 heteroatoms. The molecule has 21 heavy (non-hydrogen) atoms. The molecule has 0 aliphatic heterocycles. The molecule has 0 saturated heterocycles. The normalized spacial score (nSPS) is 11.1. The zero-order valence-corrected chi connectivity index (χ0v) is 14.4. The molecule has 1 rings (SSSR count). The molecule has 0 saturated carbocycles. The largest absolute Gasteiger partial charge is 1.00 e. The molecule has 0 aliphatic carbocycles. The predicted octanol–water partition coefficient (Wildman–Crippen LogP) is 0.246. The second-order valence-corrected chi connectivity index (χ2v) is 6.46. The van der Waals surface area contributed by atoms with Gasteiger partial charge < -0.3 is 21.6 Å². The van der Waals surface area contributed by atoms with E-state index in [1.54, 1.807) is 0 Å². The summed E-state index contributed by atoms with van der Waals surface area (Å²) < 4.78 is 6.13.